The van der Waals surface area contributed by atoms with E-state index in [1.807, 2.05) is 24.3 Å². The van der Waals surface area contributed by atoms with Gasteiger partial charge in [-0.05, 0) is 12.5 Å². The summed E-state index contributed by atoms with van der Waals surface area (Å²) in [6.45, 7) is 4.30. The Kier molecular flexibility index (Phi) is 4.07. The predicted molar refractivity (Wildman–Crippen MR) is 77.4 cm³/mol. The summed E-state index contributed by atoms with van der Waals surface area (Å²) in [6.07, 6.45) is 2.17. The lowest BCUT2D eigenvalue weighted by Gasteiger charge is -2.10. The molecule has 2 aromatic rings. The second-order valence-corrected chi connectivity index (χ2v) is 5.33. The van der Waals surface area contributed by atoms with Gasteiger partial charge < -0.3 is 10.3 Å². The van der Waals surface area contributed by atoms with Gasteiger partial charge in [-0.3, -0.25) is 0 Å². The first-order valence-electron chi connectivity index (χ1n) is 6.15. The molecule has 0 aliphatic rings. The van der Waals surface area contributed by atoms with Crippen molar-refractivity contribution >= 4 is 21.7 Å². The molecule has 0 saturated carbocycles. The van der Waals surface area contributed by atoms with Crippen LogP contribution in [0.2, 0.25) is 0 Å². The van der Waals surface area contributed by atoms with Crippen LogP contribution in [0.5, 0.6) is 0 Å². The highest BCUT2D eigenvalue weighted by molar-refractivity contribution is 9.10. The summed E-state index contributed by atoms with van der Waals surface area (Å²) in [6, 6.07) is 7.98. The summed E-state index contributed by atoms with van der Waals surface area (Å²) >= 11 is 3.55. The van der Waals surface area contributed by atoms with Crippen LogP contribution in [0.3, 0.4) is 0 Å². The van der Waals surface area contributed by atoms with Crippen LogP contribution < -0.4 is 5.73 Å². The number of hydrogen-bond acceptors (Lipinski definition) is 3. The summed E-state index contributed by atoms with van der Waals surface area (Å²) in [5, 5.41) is 3.92. The van der Waals surface area contributed by atoms with E-state index in [-0.39, 0.29) is 0 Å². The highest BCUT2D eigenvalue weighted by atomic mass is 79.9. The van der Waals surface area contributed by atoms with E-state index in [2.05, 4.69) is 34.9 Å². The molecule has 0 aliphatic heterocycles. The van der Waals surface area contributed by atoms with Crippen molar-refractivity contribution in [3.05, 3.63) is 34.5 Å². The molecule has 0 saturated heterocycles. The van der Waals surface area contributed by atoms with Crippen molar-refractivity contribution in [2.24, 2.45) is 0 Å². The Morgan fingerprint density at radius 1 is 1.39 bits per heavy atom. The van der Waals surface area contributed by atoms with E-state index in [0.717, 1.165) is 34.2 Å². The number of hydrogen-bond donors (Lipinski definition) is 1. The molecule has 3 nitrogen and oxygen atoms in total. The Balaban J connectivity index is 2.51. The molecule has 18 heavy (non-hydrogen) atoms. The van der Waals surface area contributed by atoms with Gasteiger partial charge in [-0.1, -0.05) is 59.6 Å². The summed E-state index contributed by atoms with van der Waals surface area (Å²) in [4.78, 5) is 0. The van der Waals surface area contributed by atoms with Crippen molar-refractivity contribution in [1.82, 2.24) is 5.16 Å². The zero-order valence-electron chi connectivity index (χ0n) is 10.6. The Hall–Kier alpha value is -1.29. The molecular formula is C14H17BrN2O. The van der Waals surface area contributed by atoms with Crippen LogP contribution >= 0.6 is 15.9 Å². The van der Waals surface area contributed by atoms with Crippen LogP contribution in [-0.4, -0.2) is 5.16 Å². The van der Waals surface area contributed by atoms with Crippen LogP contribution in [0.1, 0.15) is 38.4 Å². The van der Waals surface area contributed by atoms with Gasteiger partial charge in [-0.25, -0.2) is 0 Å². The van der Waals surface area contributed by atoms with Gasteiger partial charge in [0.15, 0.2) is 5.82 Å². The fourth-order valence-electron chi connectivity index (χ4n) is 2.15. The number of nitrogen functional groups attached to an aromatic ring is 1. The molecule has 1 aromatic heterocycles. The van der Waals surface area contributed by atoms with E-state index in [0.29, 0.717) is 11.7 Å². The minimum Gasteiger partial charge on any atom is -0.380 e. The Bertz CT molecular complexity index is 536. The minimum absolute atomic E-state index is 0.321. The van der Waals surface area contributed by atoms with Gasteiger partial charge in [0.25, 0.3) is 0 Å². The van der Waals surface area contributed by atoms with E-state index >= 15 is 0 Å². The van der Waals surface area contributed by atoms with Gasteiger partial charge in [-0.2, -0.15) is 0 Å². The predicted octanol–water partition coefficient (Wildman–Crippen LogP) is 4.59. The van der Waals surface area contributed by atoms with Crippen LogP contribution in [0.4, 0.5) is 5.82 Å². The first-order chi connectivity index (χ1) is 8.65. The third kappa shape index (κ3) is 2.43. The zero-order chi connectivity index (χ0) is 13.1. The second-order valence-electron chi connectivity index (χ2n) is 4.48. The molecule has 0 aliphatic carbocycles. The van der Waals surface area contributed by atoms with Crippen molar-refractivity contribution < 1.29 is 4.52 Å². The van der Waals surface area contributed by atoms with E-state index in [1.165, 1.54) is 0 Å². The summed E-state index contributed by atoms with van der Waals surface area (Å²) in [7, 11) is 0. The maximum Gasteiger partial charge on any atom is 0.175 e. The lowest BCUT2D eigenvalue weighted by Crippen LogP contribution is -1.96. The van der Waals surface area contributed by atoms with Crippen molar-refractivity contribution in [2.75, 3.05) is 5.73 Å². The van der Waals surface area contributed by atoms with Crippen molar-refractivity contribution in [3.63, 3.8) is 0 Å². The van der Waals surface area contributed by atoms with Crippen molar-refractivity contribution in [2.45, 2.75) is 32.6 Å². The molecule has 0 spiro atoms. The second kappa shape index (κ2) is 5.57. The minimum atomic E-state index is 0.321. The van der Waals surface area contributed by atoms with Gasteiger partial charge in [0.05, 0.1) is 5.56 Å². The fourth-order valence-corrected chi connectivity index (χ4v) is 2.63. The topological polar surface area (TPSA) is 52.0 Å². The Morgan fingerprint density at radius 3 is 2.78 bits per heavy atom. The molecule has 1 unspecified atom stereocenters. The summed E-state index contributed by atoms with van der Waals surface area (Å²) in [5.41, 5.74) is 7.91. The van der Waals surface area contributed by atoms with E-state index < -0.39 is 0 Å². The number of aromatic nitrogens is 1. The van der Waals surface area contributed by atoms with Crippen molar-refractivity contribution in [3.8, 4) is 11.1 Å². The van der Waals surface area contributed by atoms with Gasteiger partial charge >= 0.3 is 0 Å². The van der Waals surface area contributed by atoms with Crippen molar-refractivity contribution in [1.29, 1.82) is 0 Å². The lowest BCUT2D eigenvalue weighted by molar-refractivity contribution is 0.362. The summed E-state index contributed by atoms with van der Waals surface area (Å²) in [5.74, 6) is 1.66. The first kappa shape index (κ1) is 13.1. The van der Waals surface area contributed by atoms with Crippen LogP contribution in [0.15, 0.2) is 33.3 Å². The number of rotatable bonds is 4. The van der Waals surface area contributed by atoms with Gasteiger partial charge in [0, 0.05) is 16.0 Å². The average Bonchev–Trinajstić information content (AvgIpc) is 2.72. The number of nitrogens with zero attached hydrogens (tertiary/aromatic N) is 1. The number of nitrogens with two attached hydrogens (primary N) is 1. The lowest BCUT2D eigenvalue weighted by atomic mass is 9.96. The highest BCUT2D eigenvalue weighted by Crippen LogP contribution is 2.38. The normalized spacial score (nSPS) is 12.6. The first-order valence-corrected chi connectivity index (χ1v) is 6.94. The maximum absolute atomic E-state index is 5.95. The SMILES string of the molecule is CCCC(C)c1onc(N)c1-c1ccccc1Br. The zero-order valence-corrected chi connectivity index (χ0v) is 12.2. The third-order valence-electron chi connectivity index (χ3n) is 3.06. The summed E-state index contributed by atoms with van der Waals surface area (Å²) < 4.78 is 6.43. The van der Waals surface area contributed by atoms with Gasteiger partial charge in [0.1, 0.15) is 5.76 Å². The molecule has 2 rings (SSSR count). The molecule has 0 fully saturated rings. The fraction of sp³-hybridized carbons (Fsp3) is 0.357. The van der Waals surface area contributed by atoms with E-state index in [9.17, 15) is 0 Å². The molecule has 96 valence electrons. The molecular weight excluding hydrogens is 292 g/mol. The molecule has 4 heteroatoms. The Morgan fingerprint density at radius 2 is 2.11 bits per heavy atom. The monoisotopic (exact) mass is 308 g/mol. The number of benzene rings is 1. The molecule has 2 N–H and O–H groups in total. The number of anilines is 1. The van der Waals surface area contributed by atoms with Crippen LogP contribution in [-0.2, 0) is 0 Å². The molecule has 0 bridgehead atoms. The highest BCUT2D eigenvalue weighted by Gasteiger charge is 2.21. The third-order valence-corrected chi connectivity index (χ3v) is 3.75. The largest absolute Gasteiger partial charge is 0.380 e. The molecule has 1 aromatic carbocycles. The molecule has 0 radical (unpaired) electrons. The standard InChI is InChI=1S/C14H17BrN2O/c1-3-6-9(2)13-12(14(16)17-18-13)10-7-4-5-8-11(10)15/h4-5,7-9H,3,6H2,1-2H3,(H2,16,17). The van der Waals surface area contributed by atoms with Crippen LogP contribution in [0.25, 0.3) is 11.1 Å². The molecule has 1 atom stereocenters. The van der Waals surface area contributed by atoms with E-state index in [4.69, 9.17) is 10.3 Å². The van der Waals surface area contributed by atoms with Gasteiger partial charge in [-0.15, -0.1) is 0 Å². The molecule has 0 amide bonds. The average molecular weight is 309 g/mol. The number of halogens is 1. The molecule has 1 heterocycles. The quantitative estimate of drug-likeness (QED) is 0.898. The Labute approximate surface area is 115 Å². The van der Waals surface area contributed by atoms with Gasteiger partial charge in [0.2, 0.25) is 0 Å². The van der Waals surface area contributed by atoms with E-state index in [1.54, 1.807) is 0 Å². The maximum atomic E-state index is 5.95. The smallest absolute Gasteiger partial charge is 0.175 e. The van der Waals surface area contributed by atoms with Crippen LogP contribution in [0, 0.1) is 0 Å².